The molecule has 1 fully saturated rings. The number of hydrogen-bond acceptors (Lipinski definition) is 2. The lowest BCUT2D eigenvalue weighted by molar-refractivity contribution is 0.461. The van der Waals surface area contributed by atoms with Crippen LogP contribution in [0.2, 0.25) is 0 Å². The molecule has 94 valence electrons. The van der Waals surface area contributed by atoms with Gasteiger partial charge in [0, 0.05) is 24.3 Å². The third-order valence-electron chi connectivity index (χ3n) is 3.73. The quantitative estimate of drug-likeness (QED) is 0.801. The molecule has 0 radical (unpaired) electrons. The first kappa shape index (κ1) is 12.4. The summed E-state index contributed by atoms with van der Waals surface area (Å²) in [7, 11) is 0. The number of rotatable bonds is 1. The second kappa shape index (κ2) is 4.69. The largest absolute Gasteiger partial charge is 0.365 e. The van der Waals surface area contributed by atoms with E-state index < -0.39 is 0 Å². The lowest BCUT2D eigenvalue weighted by atomic mass is 9.98. The van der Waals surface area contributed by atoms with Gasteiger partial charge >= 0.3 is 0 Å². The van der Waals surface area contributed by atoms with Crippen molar-refractivity contribution in [2.45, 2.75) is 39.7 Å². The van der Waals surface area contributed by atoms with E-state index in [4.69, 9.17) is 0 Å². The van der Waals surface area contributed by atoms with E-state index in [9.17, 15) is 0 Å². The topological polar surface area (TPSA) is 15.3 Å². The maximum Gasteiger partial charge on any atom is 0.0470 e. The third kappa shape index (κ3) is 2.47. The van der Waals surface area contributed by atoms with E-state index in [2.05, 4.69) is 56.1 Å². The second-order valence-electron chi connectivity index (χ2n) is 5.73. The van der Waals surface area contributed by atoms with Crippen LogP contribution in [0.25, 0.3) is 0 Å². The van der Waals surface area contributed by atoms with Gasteiger partial charge in [0.25, 0.3) is 0 Å². The molecule has 2 nitrogen and oxygen atoms in total. The van der Waals surface area contributed by atoms with Crippen molar-refractivity contribution in [1.82, 2.24) is 5.32 Å². The van der Waals surface area contributed by atoms with Crippen molar-refractivity contribution in [2.75, 3.05) is 24.5 Å². The number of benzene rings is 1. The van der Waals surface area contributed by atoms with Crippen molar-refractivity contribution in [1.29, 1.82) is 0 Å². The van der Waals surface area contributed by atoms with Gasteiger partial charge in [0.1, 0.15) is 0 Å². The van der Waals surface area contributed by atoms with Crippen molar-refractivity contribution in [3.8, 4) is 0 Å². The molecule has 1 aliphatic rings. The number of aryl methyl sites for hydroxylation is 2. The molecule has 0 spiro atoms. The normalized spacial score (nSPS) is 20.1. The molecule has 1 heterocycles. The second-order valence-corrected chi connectivity index (χ2v) is 5.73. The monoisotopic (exact) mass is 232 g/mol. The van der Waals surface area contributed by atoms with Gasteiger partial charge in [-0.25, -0.2) is 0 Å². The average molecular weight is 232 g/mol. The van der Waals surface area contributed by atoms with E-state index in [1.807, 2.05) is 0 Å². The van der Waals surface area contributed by atoms with Crippen LogP contribution in [-0.2, 0) is 0 Å². The van der Waals surface area contributed by atoms with Gasteiger partial charge in [-0.3, -0.25) is 0 Å². The van der Waals surface area contributed by atoms with Crippen molar-refractivity contribution >= 4 is 5.69 Å². The van der Waals surface area contributed by atoms with Crippen molar-refractivity contribution in [3.05, 3.63) is 29.3 Å². The molecule has 2 rings (SSSR count). The zero-order chi connectivity index (χ0) is 12.5. The standard InChI is InChI=1S/C15H24N2/c1-12-7-5-8-13(2)14(12)17-10-6-9-16-11-15(17,3)4/h5,7-8,16H,6,9-11H2,1-4H3. The lowest BCUT2D eigenvalue weighted by Crippen LogP contribution is -2.49. The summed E-state index contributed by atoms with van der Waals surface area (Å²) >= 11 is 0. The van der Waals surface area contributed by atoms with E-state index in [0.717, 1.165) is 19.6 Å². The molecule has 0 aliphatic carbocycles. The van der Waals surface area contributed by atoms with Crippen LogP contribution < -0.4 is 10.2 Å². The molecular formula is C15H24N2. The van der Waals surface area contributed by atoms with Crippen molar-refractivity contribution < 1.29 is 0 Å². The van der Waals surface area contributed by atoms with E-state index in [-0.39, 0.29) is 5.54 Å². The molecule has 1 aromatic carbocycles. The molecule has 0 amide bonds. The smallest absolute Gasteiger partial charge is 0.0470 e. The van der Waals surface area contributed by atoms with E-state index in [1.165, 1.54) is 23.2 Å². The molecule has 2 heteroatoms. The molecule has 1 saturated heterocycles. The summed E-state index contributed by atoms with van der Waals surface area (Å²) in [6.45, 7) is 12.4. The summed E-state index contributed by atoms with van der Waals surface area (Å²) in [5.41, 5.74) is 4.40. The highest BCUT2D eigenvalue weighted by Gasteiger charge is 2.29. The Morgan fingerprint density at radius 2 is 1.82 bits per heavy atom. The Bertz CT molecular complexity index is 376. The molecule has 0 aromatic heterocycles. The Labute approximate surface area is 105 Å². The van der Waals surface area contributed by atoms with E-state index >= 15 is 0 Å². The highest BCUT2D eigenvalue weighted by molar-refractivity contribution is 5.60. The number of hydrogen-bond donors (Lipinski definition) is 1. The molecule has 1 aliphatic heterocycles. The van der Waals surface area contributed by atoms with Crippen LogP contribution in [0.3, 0.4) is 0 Å². The minimum Gasteiger partial charge on any atom is -0.365 e. The highest BCUT2D eigenvalue weighted by atomic mass is 15.2. The minimum absolute atomic E-state index is 0.188. The summed E-state index contributed by atoms with van der Waals surface area (Å²) in [5, 5.41) is 3.53. The fraction of sp³-hybridized carbons (Fsp3) is 0.600. The van der Waals surface area contributed by atoms with Crippen LogP contribution in [0.4, 0.5) is 5.69 Å². The molecule has 0 unspecified atom stereocenters. The maximum absolute atomic E-state index is 3.53. The van der Waals surface area contributed by atoms with Gasteiger partial charge in [0.2, 0.25) is 0 Å². The van der Waals surface area contributed by atoms with Crippen LogP contribution in [0, 0.1) is 13.8 Å². The number of nitrogens with one attached hydrogen (secondary N) is 1. The van der Waals surface area contributed by atoms with Crippen molar-refractivity contribution in [3.63, 3.8) is 0 Å². The molecule has 0 atom stereocenters. The molecule has 0 saturated carbocycles. The van der Waals surface area contributed by atoms with Gasteiger partial charge < -0.3 is 10.2 Å². The summed E-state index contributed by atoms with van der Waals surface area (Å²) in [4.78, 5) is 2.58. The molecule has 17 heavy (non-hydrogen) atoms. The zero-order valence-electron chi connectivity index (χ0n) is 11.5. The number of para-hydroxylation sites is 1. The molecule has 0 bridgehead atoms. The van der Waals surface area contributed by atoms with Gasteiger partial charge in [-0.1, -0.05) is 18.2 Å². The van der Waals surface area contributed by atoms with Gasteiger partial charge in [-0.05, 0) is 51.8 Å². The Hall–Kier alpha value is -1.02. The Kier molecular flexibility index (Phi) is 3.43. The van der Waals surface area contributed by atoms with Gasteiger partial charge in [-0.2, -0.15) is 0 Å². The Morgan fingerprint density at radius 1 is 1.18 bits per heavy atom. The molecule has 1 N–H and O–H groups in total. The zero-order valence-corrected chi connectivity index (χ0v) is 11.5. The Morgan fingerprint density at radius 3 is 2.47 bits per heavy atom. The Balaban J connectivity index is 2.42. The van der Waals surface area contributed by atoms with Crippen LogP contribution >= 0.6 is 0 Å². The van der Waals surface area contributed by atoms with Crippen LogP contribution in [0.1, 0.15) is 31.4 Å². The van der Waals surface area contributed by atoms with Crippen LogP contribution in [-0.4, -0.2) is 25.2 Å². The fourth-order valence-electron chi connectivity index (χ4n) is 2.80. The lowest BCUT2D eigenvalue weighted by Gasteiger charge is -2.40. The number of nitrogens with zero attached hydrogens (tertiary/aromatic N) is 1. The van der Waals surface area contributed by atoms with Gasteiger partial charge in [-0.15, -0.1) is 0 Å². The summed E-state index contributed by atoms with van der Waals surface area (Å²) in [6, 6.07) is 6.59. The van der Waals surface area contributed by atoms with E-state index in [0.29, 0.717) is 0 Å². The molecule has 1 aromatic rings. The number of anilines is 1. The predicted octanol–water partition coefficient (Wildman–Crippen LogP) is 2.88. The highest BCUT2D eigenvalue weighted by Crippen LogP contribution is 2.31. The first-order chi connectivity index (χ1) is 8.02. The maximum atomic E-state index is 3.53. The van der Waals surface area contributed by atoms with Crippen molar-refractivity contribution in [2.24, 2.45) is 0 Å². The van der Waals surface area contributed by atoms with Crippen LogP contribution in [0.15, 0.2) is 18.2 Å². The van der Waals surface area contributed by atoms with Gasteiger partial charge in [0.05, 0.1) is 0 Å². The predicted molar refractivity (Wildman–Crippen MR) is 74.8 cm³/mol. The average Bonchev–Trinajstić information content (AvgIpc) is 2.40. The molecular weight excluding hydrogens is 208 g/mol. The first-order valence-electron chi connectivity index (χ1n) is 6.57. The minimum atomic E-state index is 0.188. The fourth-order valence-corrected chi connectivity index (χ4v) is 2.80. The third-order valence-corrected chi connectivity index (χ3v) is 3.73. The summed E-state index contributed by atoms with van der Waals surface area (Å²) in [5.74, 6) is 0. The SMILES string of the molecule is Cc1cccc(C)c1N1CCCNCC1(C)C. The van der Waals surface area contributed by atoms with E-state index in [1.54, 1.807) is 0 Å². The summed E-state index contributed by atoms with van der Waals surface area (Å²) < 4.78 is 0. The first-order valence-corrected chi connectivity index (χ1v) is 6.57. The summed E-state index contributed by atoms with van der Waals surface area (Å²) in [6.07, 6.45) is 1.22. The van der Waals surface area contributed by atoms with Gasteiger partial charge in [0.15, 0.2) is 0 Å². The van der Waals surface area contributed by atoms with Crippen LogP contribution in [0.5, 0.6) is 0 Å².